The second-order valence-corrected chi connectivity index (χ2v) is 4.74. The van der Waals surface area contributed by atoms with E-state index in [-0.39, 0.29) is 13.1 Å². The number of benzene rings is 1. The van der Waals surface area contributed by atoms with Gasteiger partial charge in [-0.05, 0) is 24.6 Å². The molecule has 0 atom stereocenters. The van der Waals surface area contributed by atoms with Gasteiger partial charge in [-0.25, -0.2) is 4.79 Å². The Hall–Kier alpha value is -1.92. The molecule has 0 heterocycles. The molecule has 0 saturated carbocycles. The third-order valence-electron chi connectivity index (χ3n) is 2.83. The van der Waals surface area contributed by atoms with Crippen molar-refractivity contribution in [3.8, 4) is 0 Å². The first kappa shape index (κ1) is 17.1. The van der Waals surface area contributed by atoms with E-state index >= 15 is 0 Å². The number of hydrogen-bond donors (Lipinski definition) is 0. The van der Waals surface area contributed by atoms with Crippen LogP contribution in [-0.4, -0.2) is 44.4 Å². The molecule has 0 radical (unpaired) electrons. The number of carbonyl (C=O) groups excluding carboxylic acids is 1. The number of hydrogen-bond acceptors (Lipinski definition) is 3. The summed E-state index contributed by atoms with van der Waals surface area (Å²) in [4.78, 5) is 14.7. The number of rotatable bonds is 5. The van der Waals surface area contributed by atoms with E-state index in [4.69, 9.17) is 0 Å². The van der Waals surface area contributed by atoms with Gasteiger partial charge in [0.2, 0.25) is 0 Å². The summed E-state index contributed by atoms with van der Waals surface area (Å²) in [6.07, 6.45) is -5.48. The molecule has 0 aliphatic heterocycles. The molecule has 21 heavy (non-hydrogen) atoms. The quantitative estimate of drug-likeness (QED) is 0.837. The largest absolute Gasteiger partial charge is 0.440 e. The fourth-order valence-corrected chi connectivity index (χ4v) is 1.66. The smallest absolute Gasteiger partial charge is 0.422 e. The summed E-state index contributed by atoms with van der Waals surface area (Å²) in [6.45, 7) is 0.595. The van der Waals surface area contributed by atoms with Crippen molar-refractivity contribution in [1.29, 1.82) is 0 Å². The predicted molar refractivity (Wildman–Crippen MR) is 74.3 cm³/mol. The molecule has 0 aliphatic carbocycles. The molecule has 0 saturated heterocycles. The highest BCUT2D eigenvalue weighted by Crippen LogP contribution is 2.17. The normalized spacial score (nSPS) is 11.1. The Balaban J connectivity index is 2.62. The molecule has 0 unspecified atom stereocenters. The van der Waals surface area contributed by atoms with Crippen molar-refractivity contribution in [1.82, 2.24) is 4.90 Å². The zero-order valence-electron chi connectivity index (χ0n) is 12.3. The lowest BCUT2D eigenvalue weighted by Crippen LogP contribution is -2.33. The number of nitrogens with zero attached hydrogens (tertiary/aromatic N) is 2. The standard InChI is InChI=1S/C14H19F3N2O2/c1-4-19(13(20)21-10-14(15,16)17)9-11-5-7-12(8-6-11)18(2)3/h5-8H,4,9-10H2,1-3H3. The van der Waals surface area contributed by atoms with Gasteiger partial charge in [0.25, 0.3) is 0 Å². The highest BCUT2D eigenvalue weighted by atomic mass is 19.4. The highest BCUT2D eigenvalue weighted by Gasteiger charge is 2.30. The topological polar surface area (TPSA) is 32.8 Å². The number of anilines is 1. The van der Waals surface area contributed by atoms with Gasteiger partial charge in [-0.3, -0.25) is 0 Å². The van der Waals surface area contributed by atoms with Crippen LogP contribution in [0.4, 0.5) is 23.7 Å². The predicted octanol–water partition coefficient (Wildman–Crippen LogP) is 3.27. The number of halogens is 3. The van der Waals surface area contributed by atoms with E-state index in [0.29, 0.717) is 0 Å². The van der Waals surface area contributed by atoms with Crippen LogP contribution in [0.25, 0.3) is 0 Å². The highest BCUT2D eigenvalue weighted by molar-refractivity contribution is 5.67. The Kier molecular flexibility index (Phi) is 5.87. The van der Waals surface area contributed by atoms with Crippen molar-refractivity contribution in [2.45, 2.75) is 19.6 Å². The van der Waals surface area contributed by atoms with Crippen LogP contribution in [0.1, 0.15) is 12.5 Å². The molecule has 1 aromatic carbocycles. The van der Waals surface area contributed by atoms with Gasteiger partial charge < -0.3 is 14.5 Å². The SMILES string of the molecule is CCN(Cc1ccc(N(C)C)cc1)C(=O)OCC(F)(F)F. The molecule has 0 aromatic heterocycles. The van der Waals surface area contributed by atoms with E-state index in [1.807, 2.05) is 43.3 Å². The summed E-state index contributed by atoms with van der Waals surface area (Å²) < 4.78 is 40.3. The first-order chi connectivity index (χ1) is 9.73. The van der Waals surface area contributed by atoms with Crippen molar-refractivity contribution in [2.75, 3.05) is 32.1 Å². The maximum atomic E-state index is 12.0. The van der Waals surface area contributed by atoms with Crippen molar-refractivity contribution >= 4 is 11.8 Å². The monoisotopic (exact) mass is 304 g/mol. The lowest BCUT2D eigenvalue weighted by atomic mass is 10.2. The molecule has 0 bridgehead atoms. The maximum absolute atomic E-state index is 12.0. The van der Waals surface area contributed by atoms with Gasteiger partial charge in [0.05, 0.1) is 0 Å². The first-order valence-corrected chi connectivity index (χ1v) is 6.47. The van der Waals surface area contributed by atoms with Crippen LogP contribution in [0.15, 0.2) is 24.3 Å². The van der Waals surface area contributed by atoms with Crippen molar-refractivity contribution in [3.05, 3.63) is 29.8 Å². The lowest BCUT2D eigenvalue weighted by molar-refractivity contribution is -0.162. The van der Waals surface area contributed by atoms with Crippen LogP contribution in [-0.2, 0) is 11.3 Å². The molecule has 1 amide bonds. The van der Waals surface area contributed by atoms with Gasteiger partial charge in [0.15, 0.2) is 6.61 Å². The summed E-state index contributed by atoms with van der Waals surface area (Å²) in [5.41, 5.74) is 1.83. The summed E-state index contributed by atoms with van der Waals surface area (Å²) in [7, 11) is 3.81. The van der Waals surface area contributed by atoms with Crippen molar-refractivity contribution in [3.63, 3.8) is 0 Å². The summed E-state index contributed by atoms with van der Waals surface area (Å²) in [5.74, 6) is 0. The minimum absolute atomic E-state index is 0.209. The van der Waals surface area contributed by atoms with Crippen molar-refractivity contribution in [2.24, 2.45) is 0 Å². The Bertz CT molecular complexity index is 458. The van der Waals surface area contributed by atoms with Gasteiger partial charge in [-0.2, -0.15) is 13.2 Å². The second-order valence-electron chi connectivity index (χ2n) is 4.74. The van der Waals surface area contributed by atoms with E-state index in [9.17, 15) is 18.0 Å². The Morgan fingerprint density at radius 2 is 1.76 bits per heavy atom. The van der Waals surface area contributed by atoms with Crippen LogP contribution >= 0.6 is 0 Å². The van der Waals surface area contributed by atoms with Gasteiger partial charge in [0.1, 0.15) is 0 Å². The molecule has 4 nitrogen and oxygen atoms in total. The van der Waals surface area contributed by atoms with E-state index < -0.39 is 18.9 Å². The number of alkyl halides is 3. The molecular weight excluding hydrogens is 285 g/mol. The molecule has 0 N–H and O–H groups in total. The first-order valence-electron chi connectivity index (χ1n) is 6.47. The minimum atomic E-state index is -4.51. The number of amides is 1. The maximum Gasteiger partial charge on any atom is 0.422 e. The van der Waals surface area contributed by atoms with Crippen LogP contribution < -0.4 is 4.90 Å². The molecule has 1 rings (SSSR count). The summed E-state index contributed by atoms with van der Waals surface area (Å²) in [6, 6.07) is 7.42. The van der Waals surface area contributed by atoms with Gasteiger partial charge in [-0.15, -0.1) is 0 Å². The van der Waals surface area contributed by atoms with E-state index in [0.717, 1.165) is 11.3 Å². The molecule has 118 valence electrons. The molecule has 1 aromatic rings. The molecule has 0 aliphatic rings. The van der Waals surface area contributed by atoms with Crippen LogP contribution in [0.3, 0.4) is 0 Å². The Morgan fingerprint density at radius 3 is 2.19 bits per heavy atom. The number of carbonyl (C=O) groups is 1. The Morgan fingerprint density at radius 1 is 1.19 bits per heavy atom. The lowest BCUT2D eigenvalue weighted by Gasteiger charge is -2.21. The molecule has 0 fully saturated rings. The zero-order valence-corrected chi connectivity index (χ0v) is 12.3. The number of ether oxygens (including phenoxy) is 1. The molecule has 7 heteroatoms. The second kappa shape index (κ2) is 7.19. The third-order valence-corrected chi connectivity index (χ3v) is 2.83. The van der Waals surface area contributed by atoms with Gasteiger partial charge in [-0.1, -0.05) is 12.1 Å². The van der Waals surface area contributed by atoms with E-state index in [1.54, 1.807) is 6.92 Å². The Labute approximate surface area is 122 Å². The zero-order chi connectivity index (χ0) is 16.0. The average molecular weight is 304 g/mol. The average Bonchev–Trinajstić information content (AvgIpc) is 2.41. The minimum Gasteiger partial charge on any atom is -0.440 e. The van der Waals surface area contributed by atoms with Crippen LogP contribution in [0.5, 0.6) is 0 Å². The fraction of sp³-hybridized carbons (Fsp3) is 0.500. The van der Waals surface area contributed by atoms with E-state index in [2.05, 4.69) is 4.74 Å². The summed E-state index contributed by atoms with van der Waals surface area (Å²) >= 11 is 0. The summed E-state index contributed by atoms with van der Waals surface area (Å²) in [5, 5.41) is 0. The fourth-order valence-electron chi connectivity index (χ4n) is 1.66. The third kappa shape index (κ3) is 5.93. The van der Waals surface area contributed by atoms with Crippen LogP contribution in [0, 0.1) is 0 Å². The van der Waals surface area contributed by atoms with Gasteiger partial charge in [0, 0.05) is 32.9 Å². The molecular formula is C14H19F3N2O2. The van der Waals surface area contributed by atoms with E-state index in [1.165, 1.54) is 4.90 Å². The van der Waals surface area contributed by atoms with Crippen molar-refractivity contribution < 1.29 is 22.7 Å². The van der Waals surface area contributed by atoms with Crippen LogP contribution in [0.2, 0.25) is 0 Å². The molecule has 0 spiro atoms. The van der Waals surface area contributed by atoms with Gasteiger partial charge >= 0.3 is 12.3 Å².